The molecular formula is C24H26O4. The number of aryl methyl sites for hydroxylation is 2. The van der Waals surface area contributed by atoms with E-state index in [0.29, 0.717) is 5.56 Å². The van der Waals surface area contributed by atoms with Gasteiger partial charge in [-0.15, -0.1) is 0 Å². The number of benzene rings is 2. The lowest BCUT2D eigenvalue weighted by molar-refractivity contribution is -0.0150. The molecule has 0 bridgehead atoms. The third-order valence-corrected chi connectivity index (χ3v) is 5.14. The zero-order valence-electron chi connectivity index (χ0n) is 16.7. The van der Waals surface area contributed by atoms with E-state index in [2.05, 4.69) is 0 Å². The lowest BCUT2D eigenvalue weighted by Gasteiger charge is -2.32. The quantitative estimate of drug-likeness (QED) is 0.674. The molecule has 0 spiro atoms. The number of aliphatic hydroxyl groups is 1. The molecule has 1 atom stereocenters. The maximum absolute atomic E-state index is 12.9. The molecule has 0 fully saturated rings. The SMILES string of the molecule is Cc1cc(C)cc(-c2cc(O)c(C(O)(Cc3ccccc3)C(C)C)c(=O)o2)c1. The number of rotatable bonds is 5. The van der Waals surface area contributed by atoms with E-state index >= 15 is 0 Å². The molecule has 1 heterocycles. The largest absolute Gasteiger partial charge is 0.507 e. The highest BCUT2D eigenvalue weighted by Gasteiger charge is 2.39. The van der Waals surface area contributed by atoms with Gasteiger partial charge in [0, 0.05) is 18.1 Å². The summed E-state index contributed by atoms with van der Waals surface area (Å²) in [6.45, 7) is 7.56. The molecule has 0 radical (unpaired) electrons. The average molecular weight is 378 g/mol. The molecule has 3 rings (SSSR count). The van der Waals surface area contributed by atoms with Crippen molar-refractivity contribution in [2.75, 3.05) is 0 Å². The summed E-state index contributed by atoms with van der Waals surface area (Å²) < 4.78 is 5.54. The molecule has 28 heavy (non-hydrogen) atoms. The minimum atomic E-state index is -1.55. The van der Waals surface area contributed by atoms with Crippen LogP contribution < -0.4 is 5.63 Å². The van der Waals surface area contributed by atoms with Gasteiger partial charge in [-0.3, -0.25) is 0 Å². The minimum Gasteiger partial charge on any atom is -0.507 e. The fourth-order valence-electron chi connectivity index (χ4n) is 3.63. The van der Waals surface area contributed by atoms with Crippen LogP contribution in [-0.4, -0.2) is 10.2 Å². The zero-order valence-corrected chi connectivity index (χ0v) is 16.7. The van der Waals surface area contributed by atoms with Crippen LogP contribution in [0.4, 0.5) is 0 Å². The molecule has 3 aromatic rings. The fourth-order valence-corrected chi connectivity index (χ4v) is 3.63. The average Bonchev–Trinajstić information content (AvgIpc) is 2.61. The molecule has 0 aliphatic heterocycles. The second-order valence-electron chi connectivity index (χ2n) is 7.78. The van der Waals surface area contributed by atoms with E-state index in [1.807, 2.05) is 76.2 Å². The summed E-state index contributed by atoms with van der Waals surface area (Å²) in [5.74, 6) is -0.282. The summed E-state index contributed by atoms with van der Waals surface area (Å²) in [4.78, 5) is 12.9. The van der Waals surface area contributed by atoms with Crippen molar-refractivity contribution in [3.63, 3.8) is 0 Å². The standard InChI is InChI=1S/C24H26O4/c1-15(2)24(27,14-18-8-6-5-7-9-18)22-20(25)13-21(28-23(22)26)19-11-16(3)10-17(4)12-19/h5-13,15,25,27H,14H2,1-4H3. The van der Waals surface area contributed by atoms with Gasteiger partial charge in [-0.1, -0.05) is 61.4 Å². The molecule has 2 N–H and O–H groups in total. The molecule has 0 saturated heterocycles. The number of aromatic hydroxyl groups is 1. The number of hydrogen-bond acceptors (Lipinski definition) is 4. The first-order valence-electron chi connectivity index (χ1n) is 9.43. The molecule has 0 aliphatic carbocycles. The van der Waals surface area contributed by atoms with Crippen molar-refractivity contribution in [2.24, 2.45) is 5.92 Å². The Kier molecular flexibility index (Phi) is 5.43. The van der Waals surface area contributed by atoms with Crippen molar-refractivity contribution in [2.45, 2.75) is 39.7 Å². The lowest BCUT2D eigenvalue weighted by Crippen LogP contribution is -2.39. The van der Waals surface area contributed by atoms with Crippen LogP contribution in [0.1, 0.15) is 36.1 Å². The Morgan fingerprint density at radius 2 is 1.61 bits per heavy atom. The van der Waals surface area contributed by atoms with E-state index in [-0.39, 0.29) is 29.4 Å². The van der Waals surface area contributed by atoms with E-state index in [0.717, 1.165) is 16.7 Å². The Labute approximate surface area is 165 Å². The smallest absolute Gasteiger partial charge is 0.346 e. The lowest BCUT2D eigenvalue weighted by atomic mass is 9.79. The van der Waals surface area contributed by atoms with E-state index in [9.17, 15) is 15.0 Å². The van der Waals surface area contributed by atoms with Crippen molar-refractivity contribution in [1.82, 2.24) is 0 Å². The van der Waals surface area contributed by atoms with Crippen molar-refractivity contribution in [3.8, 4) is 17.1 Å². The van der Waals surface area contributed by atoms with Gasteiger partial charge in [-0.25, -0.2) is 4.79 Å². The second kappa shape index (κ2) is 7.64. The molecule has 0 aliphatic rings. The van der Waals surface area contributed by atoms with Gasteiger partial charge in [0.25, 0.3) is 0 Å². The van der Waals surface area contributed by atoms with Crippen molar-refractivity contribution in [3.05, 3.63) is 87.3 Å². The molecule has 4 nitrogen and oxygen atoms in total. The molecule has 0 saturated carbocycles. The molecule has 0 amide bonds. The van der Waals surface area contributed by atoms with Crippen LogP contribution in [0.2, 0.25) is 0 Å². The van der Waals surface area contributed by atoms with E-state index in [4.69, 9.17) is 4.42 Å². The Morgan fingerprint density at radius 3 is 2.14 bits per heavy atom. The molecular weight excluding hydrogens is 352 g/mol. The highest BCUT2D eigenvalue weighted by Crippen LogP contribution is 2.37. The summed E-state index contributed by atoms with van der Waals surface area (Å²) in [6.07, 6.45) is 0.201. The highest BCUT2D eigenvalue weighted by atomic mass is 16.4. The van der Waals surface area contributed by atoms with Crippen LogP contribution in [0, 0.1) is 19.8 Å². The highest BCUT2D eigenvalue weighted by molar-refractivity contribution is 5.61. The van der Waals surface area contributed by atoms with Gasteiger partial charge in [0.1, 0.15) is 22.7 Å². The Balaban J connectivity index is 2.11. The predicted molar refractivity (Wildman–Crippen MR) is 110 cm³/mol. The van der Waals surface area contributed by atoms with Gasteiger partial charge in [0.2, 0.25) is 0 Å². The van der Waals surface area contributed by atoms with Crippen LogP contribution >= 0.6 is 0 Å². The predicted octanol–water partition coefficient (Wildman–Crippen LogP) is 4.72. The van der Waals surface area contributed by atoms with Crippen LogP contribution in [0.5, 0.6) is 5.75 Å². The van der Waals surface area contributed by atoms with Gasteiger partial charge in [0.15, 0.2) is 0 Å². The van der Waals surface area contributed by atoms with Crippen LogP contribution in [0.3, 0.4) is 0 Å². The maximum Gasteiger partial charge on any atom is 0.346 e. The summed E-state index contributed by atoms with van der Waals surface area (Å²) in [6, 6.07) is 16.6. The van der Waals surface area contributed by atoms with Crippen molar-refractivity contribution < 1.29 is 14.6 Å². The first kappa shape index (κ1) is 19.9. The molecule has 146 valence electrons. The van der Waals surface area contributed by atoms with Crippen LogP contribution in [0.25, 0.3) is 11.3 Å². The third kappa shape index (κ3) is 3.87. The Bertz CT molecular complexity index is 1010. The van der Waals surface area contributed by atoms with Gasteiger partial charge in [-0.05, 0) is 37.5 Å². The van der Waals surface area contributed by atoms with Crippen molar-refractivity contribution >= 4 is 0 Å². The molecule has 2 aromatic carbocycles. The summed E-state index contributed by atoms with van der Waals surface area (Å²) in [5, 5.41) is 22.1. The zero-order chi connectivity index (χ0) is 20.5. The first-order chi connectivity index (χ1) is 13.2. The van der Waals surface area contributed by atoms with E-state index in [1.54, 1.807) is 0 Å². The third-order valence-electron chi connectivity index (χ3n) is 5.14. The van der Waals surface area contributed by atoms with Gasteiger partial charge < -0.3 is 14.6 Å². The fraction of sp³-hybridized carbons (Fsp3) is 0.292. The molecule has 4 heteroatoms. The van der Waals surface area contributed by atoms with Gasteiger partial charge >= 0.3 is 5.63 Å². The van der Waals surface area contributed by atoms with Crippen LogP contribution in [0.15, 0.2) is 63.8 Å². The maximum atomic E-state index is 12.9. The Hall–Kier alpha value is -2.85. The first-order valence-corrected chi connectivity index (χ1v) is 9.43. The Morgan fingerprint density at radius 1 is 1.00 bits per heavy atom. The normalized spacial score (nSPS) is 13.5. The topological polar surface area (TPSA) is 70.7 Å². The molecule has 1 aromatic heterocycles. The minimum absolute atomic E-state index is 0.0977. The monoisotopic (exact) mass is 378 g/mol. The van der Waals surface area contributed by atoms with Gasteiger partial charge in [-0.2, -0.15) is 0 Å². The summed E-state index contributed by atoms with van der Waals surface area (Å²) in [7, 11) is 0. The number of hydrogen-bond donors (Lipinski definition) is 2. The van der Waals surface area contributed by atoms with E-state index in [1.165, 1.54) is 6.07 Å². The molecule has 1 unspecified atom stereocenters. The summed E-state index contributed by atoms with van der Waals surface area (Å²) >= 11 is 0. The van der Waals surface area contributed by atoms with Crippen LogP contribution in [-0.2, 0) is 12.0 Å². The van der Waals surface area contributed by atoms with Crippen molar-refractivity contribution in [1.29, 1.82) is 0 Å². The van der Waals surface area contributed by atoms with Gasteiger partial charge in [0.05, 0.1) is 0 Å². The second-order valence-corrected chi connectivity index (χ2v) is 7.78. The van der Waals surface area contributed by atoms with E-state index < -0.39 is 11.2 Å². The summed E-state index contributed by atoms with van der Waals surface area (Å²) in [5.41, 5.74) is 1.28.